The number of methoxy groups -OCH3 is 1. The molecule has 0 atom stereocenters. The molecule has 0 aliphatic carbocycles. The van der Waals surface area contributed by atoms with Crippen LogP contribution in [0.5, 0.6) is 11.5 Å². The second-order valence-corrected chi connectivity index (χ2v) is 7.20. The van der Waals surface area contributed by atoms with Gasteiger partial charge in [0.1, 0.15) is 11.5 Å². The van der Waals surface area contributed by atoms with E-state index in [0.717, 1.165) is 43.8 Å². The zero-order valence-corrected chi connectivity index (χ0v) is 15.6. The third-order valence-electron chi connectivity index (χ3n) is 3.26. The quantitative estimate of drug-likeness (QED) is 0.330. The Morgan fingerprint density at radius 3 is 2.52 bits per heavy atom. The van der Waals surface area contributed by atoms with Gasteiger partial charge in [0.05, 0.1) is 11.7 Å². The number of rotatable bonds is 12. The first-order chi connectivity index (χ1) is 11.2. The van der Waals surface area contributed by atoms with Crippen LogP contribution in [0, 0.1) is 5.41 Å². The zero-order chi connectivity index (χ0) is 16.9. The fourth-order valence-corrected chi connectivity index (χ4v) is 3.52. The van der Waals surface area contributed by atoms with Crippen molar-refractivity contribution in [1.82, 2.24) is 0 Å². The van der Waals surface area contributed by atoms with E-state index in [0.29, 0.717) is 23.0 Å². The highest BCUT2D eigenvalue weighted by atomic mass is 32.2. The summed E-state index contributed by atoms with van der Waals surface area (Å²) >= 11 is 3.21. The molecule has 0 saturated carbocycles. The molecule has 1 aromatic rings. The molecule has 6 heteroatoms. The Morgan fingerprint density at radius 1 is 1.13 bits per heavy atom. The van der Waals surface area contributed by atoms with E-state index in [9.17, 15) is 5.11 Å². The van der Waals surface area contributed by atoms with Crippen molar-refractivity contribution >= 4 is 28.6 Å². The summed E-state index contributed by atoms with van der Waals surface area (Å²) in [6.45, 7) is 1.46. The van der Waals surface area contributed by atoms with Crippen molar-refractivity contribution in [2.24, 2.45) is 0 Å². The Labute approximate surface area is 147 Å². The van der Waals surface area contributed by atoms with Crippen LogP contribution in [-0.2, 0) is 4.74 Å². The predicted octanol–water partition coefficient (Wildman–Crippen LogP) is 4.40. The number of hydrogen-bond donors (Lipinski definition) is 2. The number of unbranched alkanes of at least 4 members (excludes halogenated alkanes) is 3. The molecule has 1 aromatic carbocycles. The van der Waals surface area contributed by atoms with Crippen LogP contribution in [0.15, 0.2) is 18.2 Å². The molecule has 0 amide bonds. The zero-order valence-electron chi connectivity index (χ0n) is 14.0. The SMILES string of the molecule is COCCCCCCOc1ccc(C(=N)SCCSC)c(O)c1. The molecule has 0 fully saturated rings. The van der Waals surface area contributed by atoms with Gasteiger partial charge in [-0.3, -0.25) is 5.41 Å². The van der Waals surface area contributed by atoms with E-state index < -0.39 is 0 Å². The van der Waals surface area contributed by atoms with Crippen LogP contribution < -0.4 is 4.74 Å². The van der Waals surface area contributed by atoms with Crippen molar-refractivity contribution in [2.75, 3.05) is 38.1 Å². The van der Waals surface area contributed by atoms with Gasteiger partial charge in [-0.15, -0.1) is 11.8 Å². The van der Waals surface area contributed by atoms with E-state index in [2.05, 4.69) is 0 Å². The summed E-state index contributed by atoms with van der Waals surface area (Å²) in [4.78, 5) is 0. The van der Waals surface area contributed by atoms with Crippen molar-refractivity contribution < 1.29 is 14.6 Å². The largest absolute Gasteiger partial charge is 0.507 e. The summed E-state index contributed by atoms with van der Waals surface area (Å²) in [5, 5.41) is 18.5. The Morgan fingerprint density at radius 2 is 1.87 bits per heavy atom. The summed E-state index contributed by atoms with van der Waals surface area (Å²) < 4.78 is 10.7. The van der Waals surface area contributed by atoms with Gasteiger partial charge in [0, 0.05) is 36.9 Å². The number of phenols is 1. The lowest BCUT2D eigenvalue weighted by molar-refractivity contribution is 0.191. The fraction of sp³-hybridized carbons (Fsp3) is 0.588. The number of hydrogen-bond acceptors (Lipinski definition) is 6. The second-order valence-electron chi connectivity index (χ2n) is 5.10. The molecule has 0 spiro atoms. The molecule has 23 heavy (non-hydrogen) atoms. The van der Waals surface area contributed by atoms with Gasteiger partial charge in [0.2, 0.25) is 0 Å². The smallest absolute Gasteiger partial charge is 0.129 e. The Balaban J connectivity index is 2.33. The van der Waals surface area contributed by atoms with Gasteiger partial charge < -0.3 is 14.6 Å². The monoisotopic (exact) mass is 357 g/mol. The van der Waals surface area contributed by atoms with E-state index >= 15 is 0 Å². The molecule has 130 valence electrons. The maximum Gasteiger partial charge on any atom is 0.129 e. The van der Waals surface area contributed by atoms with Crippen molar-refractivity contribution in [3.05, 3.63) is 23.8 Å². The average Bonchev–Trinajstić information content (AvgIpc) is 2.54. The number of benzene rings is 1. The lowest BCUT2D eigenvalue weighted by Crippen LogP contribution is -2.00. The summed E-state index contributed by atoms with van der Waals surface area (Å²) in [7, 11) is 1.72. The van der Waals surface area contributed by atoms with E-state index in [1.54, 1.807) is 31.0 Å². The highest BCUT2D eigenvalue weighted by molar-refractivity contribution is 8.15. The molecule has 0 heterocycles. The van der Waals surface area contributed by atoms with Gasteiger partial charge in [0.25, 0.3) is 0 Å². The fourth-order valence-electron chi connectivity index (χ4n) is 1.99. The van der Waals surface area contributed by atoms with Gasteiger partial charge in [-0.25, -0.2) is 0 Å². The predicted molar refractivity (Wildman–Crippen MR) is 102 cm³/mol. The number of nitrogens with one attached hydrogen (secondary N) is 1. The molecule has 4 nitrogen and oxygen atoms in total. The second kappa shape index (κ2) is 12.6. The summed E-state index contributed by atoms with van der Waals surface area (Å²) in [5.74, 6) is 2.65. The molecule has 0 radical (unpaired) electrons. The first kappa shape index (κ1) is 20.2. The summed E-state index contributed by atoms with van der Waals surface area (Å²) in [6, 6.07) is 5.19. The van der Waals surface area contributed by atoms with Gasteiger partial charge >= 0.3 is 0 Å². The van der Waals surface area contributed by atoms with Crippen LogP contribution in [0.4, 0.5) is 0 Å². The number of aromatic hydroxyl groups is 1. The van der Waals surface area contributed by atoms with Crippen molar-refractivity contribution in [2.45, 2.75) is 25.7 Å². The van der Waals surface area contributed by atoms with Crippen molar-refractivity contribution in [1.29, 1.82) is 5.41 Å². The van der Waals surface area contributed by atoms with Crippen LogP contribution in [0.3, 0.4) is 0 Å². The molecule has 1 rings (SSSR count). The lowest BCUT2D eigenvalue weighted by Gasteiger charge is -2.10. The molecule has 0 aromatic heterocycles. The van der Waals surface area contributed by atoms with Gasteiger partial charge in [-0.2, -0.15) is 11.8 Å². The summed E-state index contributed by atoms with van der Waals surface area (Å²) in [6.07, 6.45) is 6.39. The van der Waals surface area contributed by atoms with Gasteiger partial charge in [-0.1, -0.05) is 6.42 Å². The topological polar surface area (TPSA) is 62.5 Å². The van der Waals surface area contributed by atoms with Crippen molar-refractivity contribution in [3.63, 3.8) is 0 Å². The number of phenolic OH excluding ortho intramolecular Hbond substituents is 1. The molecule has 0 unspecified atom stereocenters. The van der Waals surface area contributed by atoms with Crippen LogP contribution in [0.25, 0.3) is 0 Å². The van der Waals surface area contributed by atoms with Crippen LogP contribution >= 0.6 is 23.5 Å². The van der Waals surface area contributed by atoms with Crippen molar-refractivity contribution in [3.8, 4) is 11.5 Å². The lowest BCUT2D eigenvalue weighted by atomic mass is 10.2. The van der Waals surface area contributed by atoms with E-state index in [-0.39, 0.29) is 5.75 Å². The Kier molecular flexibility index (Phi) is 11.0. The molecular formula is C17H27NO3S2. The molecule has 0 aliphatic rings. The first-order valence-electron chi connectivity index (χ1n) is 7.84. The first-order valence-corrected chi connectivity index (χ1v) is 10.2. The van der Waals surface area contributed by atoms with E-state index in [4.69, 9.17) is 14.9 Å². The Bertz CT molecular complexity index is 469. The third kappa shape index (κ3) is 8.53. The molecule has 0 bridgehead atoms. The molecule has 0 saturated heterocycles. The number of thioether (sulfide) groups is 2. The van der Waals surface area contributed by atoms with Gasteiger partial charge in [-0.05, 0) is 37.7 Å². The highest BCUT2D eigenvalue weighted by Gasteiger charge is 2.09. The van der Waals surface area contributed by atoms with E-state index in [1.165, 1.54) is 11.8 Å². The maximum absolute atomic E-state index is 10.1. The van der Waals surface area contributed by atoms with Crippen LogP contribution in [-0.4, -0.2) is 48.2 Å². The van der Waals surface area contributed by atoms with E-state index in [1.807, 2.05) is 12.3 Å². The minimum absolute atomic E-state index is 0.115. The normalized spacial score (nSPS) is 10.7. The standard InChI is InChI=1S/C17H27NO3S2/c1-20-9-5-3-4-6-10-21-14-7-8-15(16(19)13-14)17(18)23-12-11-22-2/h7-8,13,18-19H,3-6,9-12H2,1-2H3. The average molecular weight is 358 g/mol. The molecule has 2 N–H and O–H groups in total. The Hall–Kier alpha value is -0.850. The molecular weight excluding hydrogens is 330 g/mol. The number of ether oxygens (including phenoxy) is 2. The summed E-state index contributed by atoms with van der Waals surface area (Å²) in [5.41, 5.74) is 0.572. The van der Waals surface area contributed by atoms with Crippen LogP contribution in [0.2, 0.25) is 0 Å². The maximum atomic E-state index is 10.1. The van der Waals surface area contributed by atoms with Gasteiger partial charge in [0.15, 0.2) is 0 Å². The minimum Gasteiger partial charge on any atom is -0.507 e. The molecule has 0 aliphatic heterocycles. The highest BCUT2D eigenvalue weighted by Crippen LogP contribution is 2.27. The van der Waals surface area contributed by atoms with Crippen LogP contribution in [0.1, 0.15) is 31.2 Å². The third-order valence-corrected chi connectivity index (χ3v) is 5.05. The minimum atomic E-state index is 0.115.